The Morgan fingerprint density at radius 3 is 2.25 bits per heavy atom. The lowest BCUT2D eigenvalue weighted by Crippen LogP contribution is -2.12. The molecule has 0 aromatic heterocycles. The molecule has 0 radical (unpaired) electrons. The molecule has 24 heavy (non-hydrogen) atoms. The summed E-state index contributed by atoms with van der Waals surface area (Å²) < 4.78 is 27.4. The summed E-state index contributed by atoms with van der Waals surface area (Å²) in [5, 5.41) is 3.22. The Morgan fingerprint density at radius 2 is 1.67 bits per heavy atom. The van der Waals surface area contributed by atoms with Crippen LogP contribution in [0, 0.1) is 18.6 Å². The van der Waals surface area contributed by atoms with E-state index in [9.17, 15) is 8.78 Å². The van der Waals surface area contributed by atoms with Gasteiger partial charge in [-0.05, 0) is 49.4 Å². The molecule has 2 aromatic rings. The molecule has 1 nitrogen and oxygen atoms in total. The zero-order chi connectivity index (χ0) is 18.1. The highest BCUT2D eigenvalue weighted by atomic mass is 19.1. The first-order chi connectivity index (χ1) is 11.1. The molecule has 128 valence electrons. The molecule has 0 aliphatic carbocycles. The summed E-state index contributed by atoms with van der Waals surface area (Å²) in [6, 6.07) is 10.5. The molecule has 2 aromatic carbocycles. The van der Waals surface area contributed by atoms with Gasteiger partial charge >= 0.3 is 0 Å². The van der Waals surface area contributed by atoms with E-state index in [1.165, 1.54) is 11.6 Å². The van der Waals surface area contributed by atoms with E-state index in [1.54, 1.807) is 6.92 Å². The number of benzene rings is 2. The molecular weight excluding hydrogens is 304 g/mol. The number of anilines is 1. The summed E-state index contributed by atoms with van der Waals surface area (Å²) in [7, 11) is 0. The molecular formula is C21H25F2N. The highest BCUT2D eigenvalue weighted by Crippen LogP contribution is 2.29. The van der Waals surface area contributed by atoms with Gasteiger partial charge in [-0.3, -0.25) is 0 Å². The minimum atomic E-state index is -0.586. The molecule has 0 saturated carbocycles. The van der Waals surface area contributed by atoms with Crippen LogP contribution < -0.4 is 5.32 Å². The lowest BCUT2D eigenvalue weighted by atomic mass is 9.85. The maximum Gasteiger partial charge on any atom is 0.131 e. The maximum atomic E-state index is 13.8. The molecule has 0 amide bonds. The minimum absolute atomic E-state index is 0.0314. The first-order valence-corrected chi connectivity index (χ1v) is 8.10. The van der Waals surface area contributed by atoms with Gasteiger partial charge in [-0.15, -0.1) is 0 Å². The second-order valence-electron chi connectivity index (χ2n) is 7.39. The van der Waals surface area contributed by atoms with Crippen LogP contribution in [-0.4, -0.2) is 0 Å². The predicted octanol–water partition coefficient (Wildman–Crippen LogP) is 6.43. The summed E-state index contributed by atoms with van der Waals surface area (Å²) in [5.41, 5.74) is 5.02. The fourth-order valence-electron chi connectivity index (χ4n) is 2.54. The normalized spacial score (nSPS) is 11.3. The number of nitrogens with one attached hydrogen (secondary N) is 1. The van der Waals surface area contributed by atoms with E-state index in [4.69, 9.17) is 0 Å². The maximum absolute atomic E-state index is 13.8. The van der Waals surface area contributed by atoms with Crippen LogP contribution in [0.1, 0.15) is 51.3 Å². The highest BCUT2D eigenvalue weighted by molar-refractivity contribution is 5.80. The smallest absolute Gasteiger partial charge is 0.131 e. The summed E-state index contributed by atoms with van der Waals surface area (Å²) in [6.07, 6.45) is 0. The van der Waals surface area contributed by atoms with Gasteiger partial charge < -0.3 is 5.32 Å². The Balaban J connectivity index is 2.49. The van der Waals surface area contributed by atoms with Crippen molar-refractivity contribution >= 4 is 11.4 Å². The van der Waals surface area contributed by atoms with Crippen molar-refractivity contribution < 1.29 is 8.78 Å². The number of hydrogen-bond donors (Lipinski definition) is 1. The molecule has 0 aliphatic rings. The van der Waals surface area contributed by atoms with Crippen LogP contribution in [0.15, 0.2) is 42.0 Å². The van der Waals surface area contributed by atoms with Crippen LogP contribution in [0.5, 0.6) is 0 Å². The average Bonchev–Trinajstić information content (AvgIpc) is 2.48. The summed E-state index contributed by atoms with van der Waals surface area (Å²) in [6.45, 7) is 12.1. The fraction of sp³-hybridized carbons (Fsp3) is 0.333. The average molecular weight is 329 g/mol. The van der Waals surface area contributed by atoms with Crippen molar-refractivity contribution in [3.05, 3.63) is 70.3 Å². The van der Waals surface area contributed by atoms with Gasteiger partial charge in [-0.1, -0.05) is 44.5 Å². The molecule has 2 rings (SSSR count). The van der Waals surface area contributed by atoms with E-state index in [-0.39, 0.29) is 5.41 Å². The van der Waals surface area contributed by atoms with Gasteiger partial charge in [0.2, 0.25) is 0 Å². The van der Waals surface area contributed by atoms with Gasteiger partial charge in [0.1, 0.15) is 11.6 Å². The van der Waals surface area contributed by atoms with Crippen molar-refractivity contribution in [3.63, 3.8) is 0 Å². The Labute approximate surface area is 143 Å². The van der Waals surface area contributed by atoms with E-state index >= 15 is 0 Å². The fourth-order valence-corrected chi connectivity index (χ4v) is 2.54. The first-order valence-electron chi connectivity index (χ1n) is 8.10. The van der Waals surface area contributed by atoms with Crippen molar-refractivity contribution in [1.29, 1.82) is 0 Å². The van der Waals surface area contributed by atoms with Crippen LogP contribution in [0.2, 0.25) is 0 Å². The van der Waals surface area contributed by atoms with Gasteiger partial charge in [0.15, 0.2) is 0 Å². The van der Waals surface area contributed by atoms with Gasteiger partial charge in [0.05, 0.1) is 0 Å². The Morgan fingerprint density at radius 1 is 1.00 bits per heavy atom. The molecule has 3 heteroatoms. The quantitative estimate of drug-likeness (QED) is 0.684. The molecule has 0 spiro atoms. The van der Waals surface area contributed by atoms with E-state index in [1.807, 2.05) is 26.0 Å². The number of hydrogen-bond acceptors (Lipinski definition) is 1. The minimum Gasteiger partial charge on any atom is -0.355 e. The molecule has 0 heterocycles. The summed E-state index contributed by atoms with van der Waals surface area (Å²) in [5.74, 6) is -1.13. The third-order valence-electron chi connectivity index (χ3n) is 4.09. The Bertz CT molecular complexity index is 779. The van der Waals surface area contributed by atoms with Crippen molar-refractivity contribution in [2.45, 2.75) is 47.0 Å². The summed E-state index contributed by atoms with van der Waals surface area (Å²) >= 11 is 0. The van der Waals surface area contributed by atoms with Gasteiger partial charge in [-0.25, -0.2) is 8.78 Å². The second-order valence-corrected chi connectivity index (χ2v) is 7.39. The van der Waals surface area contributed by atoms with E-state index in [0.29, 0.717) is 11.3 Å². The molecule has 0 saturated heterocycles. The standard InChI is InChI=1S/C21H25F2N/c1-13(2)20(15-8-7-9-16(10-15)21(4,5)6)24-19-12-17(22)11-18(23)14(19)3/h7-12,24H,1-6H3. The zero-order valence-corrected chi connectivity index (χ0v) is 15.2. The lowest BCUT2D eigenvalue weighted by Gasteiger charge is -2.22. The second kappa shape index (κ2) is 6.76. The topological polar surface area (TPSA) is 12.0 Å². The molecule has 0 fully saturated rings. The van der Waals surface area contributed by atoms with E-state index in [0.717, 1.165) is 22.9 Å². The highest BCUT2D eigenvalue weighted by Gasteiger charge is 2.16. The summed E-state index contributed by atoms with van der Waals surface area (Å²) in [4.78, 5) is 0. The van der Waals surface area contributed by atoms with Crippen molar-refractivity contribution in [3.8, 4) is 0 Å². The van der Waals surface area contributed by atoms with Crippen LogP contribution in [-0.2, 0) is 5.41 Å². The van der Waals surface area contributed by atoms with Gasteiger partial charge in [0, 0.05) is 23.0 Å². The largest absolute Gasteiger partial charge is 0.355 e. The predicted molar refractivity (Wildman–Crippen MR) is 98.1 cm³/mol. The van der Waals surface area contributed by atoms with Crippen LogP contribution in [0.4, 0.5) is 14.5 Å². The molecule has 0 atom stereocenters. The molecule has 0 unspecified atom stereocenters. The third-order valence-corrected chi connectivity index (χ3v) is 4.09. The molecule has 0 aliphatic heterocycles. The van der Waals surface area contributed by atoms with E-state index in [2.05, 4.69) is 38.2 Å². The number of rotatable bonds is 3. The Hall–Kier alpha value is -2.16. The lowest BCUT2D eigenvalue weighted by molar-refractivity contribution is 0.578. The molecule has 1 N–H and O–H groups in total. The third kappa shape index (κ3) is 4.02. The van der Waals surface area contributed by atoms with Crippen LogP contribution in [0.3, 0.4) is 0 Å². The molecule has 0 bridgehead atoms. The SMILES string of the molecule is CC(C)=C(Nc1cc(F)cc(F)c1C)c1cccc(C(C)(C)C)c1. The van der Waals surface area contributed by atoms with Crippen LogP contribution >= 0.6 is 0 Å². The van der Waals surface area contributed by atoms with Crippen molar-refractivity contribution in [2.75, 3.05) is 5.32 Å². The van der Waals surface area contributed by atoms with Crippen LogP contribution in [0.25, 0.3) is 5.70 Å². The first kappa shape index (κ1) is 18.2. The van der Waals surface area contributed by atoms with Gasteiger partial charge in [0.25, 0.3) is 0 Å². The van der Waals surface area contributed by atoms with Crippen molar-refractivity contribution in [2.24, 2.45) is 0 Å². The Kier molecular flexibility index (Phi) is 5.12. The van der Waals surface area contributed by atoms with Gasteiger partial charge in [-0.2, -0.15) is 0 Å². The number of allylic oxidation sites excluding steroid dienone is 1. The zero-order valence-electron chi connectivity index (χ0n) is 15.2. The van der Waals surface area contributed by atoms with E-state index < -0.39 is 11.6 Å². The monoisotopic (exact) mass is 329 g/mol. The number of halogens is 2. The van der Waals surface area contributed by atoms with Crippen molar-refractivity contribution in [1.82, 2.24) is 0 Å².